The molecule has 5 atom stereocenters. The second-order valence-electron chi connectivity index (χ2n) is 9.31. The highest BCUT2D eigenvalue weighted by atomic mass is 16.6. The summed E-state index contributed by atoms with van der Waals surface area (Å²) in [5.74, 6) is 0.189. The number of carbonyl (C=O) groups is 1. The Morgan fingerprint density at radius 3 is 2.42 bits per heavy atom. The van der Waals surface area contributed by atoms with Crippen molar-refractivity contribution in [1.82, 2.24) is 5.32 Å². The van der Waals surface area contributed by atoms with Gasteiger partial charge in [0.25, 0.3) is 0 Å². The Balaban J connectivity index is 1.64. The Hall–Kier alpha value is -0.850. The summed E-state index contributed by atoms with van der Waals surface area (Å²) in [6.45, 7) is 8.77. The number of hydrogen-bond acceptors (Lipinski definition) is 5. The zero-order valence-corrected chi connectivity index (χ0v) is 16.9. The first kappa shape index (κ1) is 19.9. The molecule has 0 aromatic rings. The van der Waals surface area contributed by atoms with E-state index in [1.165, 1.54) is 0 Å². The van der Waals surface area contributed by atoms with Crippen LogP contribution in [0, 0.1) is 11.3 Å². The van der Waals surface area contributed by atoms with Gasteiger partial charge in [-0.1, -0.05) is 13.8 Å². The quantitative estimate of drug-likeness (QED) is 0.800. The van der Waals surface area contributed by atoms with E-state index < -0.39 is 0 Å². The second kappa shape index (κ2) is 7.28. The molecule has 0 aromatic carbocycles. The van der Waals surface area contributed by atoms with E-state index in [1.807, 2.05) is 0 Å². The molecule has 26 heavy (non-hydrogen) atoms. The molecule has 6 nitrogen and oxygen atoms in total. The van der Waals surface area contributed by atoms with Gasteiger partial charge in [-0.25, -0.2) is 4.79 Å². The predicted molar refractivity (Wildman–Crippen MR) is 99.9 cm³/mol. The van der Waals surface area contributed by atoms with Gasteiger partial charge in [-0.3, -0.25) is 0 Å². The van der Waals surface area contributed by atoms with Crippen molar-refractivity contribution in [2.24, 2.45) is 17.1 Å². The number of amides is 1. The summed E-state index contributed by atoms with van der Waals surface area (Å²) in [7, 11) is 1.71. The van der Waals surface area contributed by atoms with E-state index in [0.717, 1.165) is 38.5 Å². The molecule has 2 saturated carbocycles. The molecule has 1 saturated heterocycles. The van der Waals surface area contributed by atoms with E-state index in [-0.39, 0.29) is 53.4 Å². The van der Waals surface area contributed by atoms with E-state index in [2.05, 4.69) is 33.0 Å². The first-order valence-corrected chi connectivity index (χ1v) is 10.1. The van der Waals surface area contributed by atoms with Crippen LogP contribution in [0.2, 0.25) is 0 Å². The Kier molecular flexibility index (Phi) is 5.58. The van der Waals surface area contributed by atoms with E-state index >= 15 is 0 Å². The van der Waals surface area contributed by atoms with Crippen LogP contribution in [-0.4, -0.2) is 49.2 Å². The van der Waals surface area contributed by atoms with Gasteiger partial charge in [0.15, 0.2) is 0 Å². The van der Waals surface area contributed by atoms with E-state index in [4.69, 9.17) is 19.9 Å². The molecule has 3 N–H and O–H groups in total. The zero-order valence-electron chi connectivity index (χ0n) is 16.9. The minimum absolute atomic E-state index is 0.0343. The maximum atomic E-state index is 12.5. The lowest BCUT2D eigenvalue weighted by Gasteiger charge is -2.47. The molecular formula is C20H36N2O4. The van der Waals surface area contributed by atoms with Gasteiger partial charge in [0.05, 0.1) is 11.7 Å². The fourth-order valence-electron chi connectivity index (χ4n) is 5.48. The molecule has 1 aliphatic heterocycles. The molecule has 2 aliphatic carbocycles. The minimum atomic E-state index is -0.328. The van der Waals surface area contributed by atoms with Gasteiger partial charge in [-0.15, -0.1) is 0 Å². The van der Waals surface area contributed by atoms with Gasteiger partial charge >= 0.3 is 6.09 Å². The Morgan fingerprint density at radius 1 is 1.15 bits per heavy atom. The third-order valence-corrected chi connectivity index (χ3v) is 7.20. The number of nitrogens with two attached hydrogens (primary N) is 1. The average Bonchev–Trinajstić information content (AvgIpc) is 2.76. The van der Waals surface area contributed by atoms with Crippen LogP contribution < -0.4 is 11.1 Å². The van der Waals surface area contributed by atoms with Crippen molar-refractivity contribution in [3.05, 3.63) is 0 Å². The van der Waals surface area contributed by atoms with Crippen molar-refractivity contribution < 1.29 is 19.0 Å². The van der Waals surface area contributed by atoms with Crippen molar-refractivity contribution >= 4 is 6.09 Å². The monoisotopic (exact) mass is 368 g/mol. The molecule has 3 aliphatic rings. The molecule has 1 amide bonds. The number of carbonyl (C=O) groups excluding carboxylic acids is 1. The van der Waals surface area contributed by atoms with Gasteiger partial charge in [-0.2, -0.15) is 0 Å². The summed E-state index contributed by atoms with van der Waals surface area (Å²) < 4.78 is 18.1. The van der Waals surface area contributed by atoms with Crippen molar-refractivity contribution in [1.29, 1.82) is 0 Å². The molecule has 3 fully saturated rings. The van der Waals surface area contributed by atoms with Crippen molar-refractivity contribution in [2.45, 2.75) is 102 Å². The number of ether oxygens (including phenoxy) is 3. The van der Waals surface area contributed by atoms with Crippen LogP contribution in [-0.2, 0) is 14.2 Å². The number of nitrogens with one attached hydrogen (secondary N) is 1. The minimum Gasteiger partial charge on any atom is -0.443 e. The molecule has 0 bridgehead atoms. The van der Waals surface area contributed by atoms with Crippen LogP contribution in [0.5, 0.6) is 0 Å². The molecule has 6 heteroatoms. The molecular weight excluding hydrogens is 332 g/mol. The Labute approximate surface area is 157 Å². The van der Waals surface area contributed by atoms with Crippen molar-refractivity contribution in [3.63, 3.8) is 0 Å². The summed E-state index contributed by atoms with van der Waals surface area (Å²) >= 11 is 0. The van der Waals surface area contributed by atoms with Crippen LogP contribution >= 0.6 is 0 Å². The zero-order chi connectivity index (χ0) is 19.1. The summed E-state index contributed by atoms with van der Waals surface area (Å²) in [5.41, 5.74) is 5.68. The largest absolute Gasteiger partial charge is 0.443 e. The van der Waals surface area contributed by atoms with Gasteiger partial charge in [0, 0.05) is 25.1 Å². The van der Waals surface area contributed by atoms with E-state index in [0.29, 0.717) is 0 Å². The topological polar surface area (TPSA) is 82.8 Å². The summed E-state index contributed by atoms with van der Waals surface area (Å²) in [4.78, 5) is 12.5. The maximum Gasteiger partial charge on any atom is 0.407 e. The van der Waals surface area contributed by atoms with Crippen LogP contribution in [0.3, 0.4) is 0 Å². The van der Waals surface area contributed by atoms with Crippen molar-refractivity contribution in [2.75, 3.05) is 7.11 Å². The van der Waals surface area contributed by atoms with Crippen molar-refractivity contribution in [3.8, 4) is 0 Å². The molecule has 0 radical (unpaired) electrons. The fraction of sp³-hybridized carbons (Fsp3) is 0.950. The van der Waals surface area contributed by atoms with Gasteiger partial charge < -0.3 is 25.3 Å². The fourth-order valence-corrected chi connectivity index (χ4v) is 5.48. The lowest BCUT2D eigenvalue weighted by atomic mass is 9.62. The van der Waals surface area contributed by atoms with E-state index in [1.54, 1.807) is 7.11 Å². The summed E-state index contributed by atoms with van der Waals surface area (Å²) in [6.07, 6.45) is 4.83. The smallest absolute Gasteiger partial charge is 0.407 e. The molecule has 150 valence electrons. The normalized spacial score (nSPS) is 45.0. The Bertz CT molecular complexity index is 518. The highest BCUT2D eigenvalue weighted by molar-refractivity contribution is 5.67. The van der Waals surface area contributed by atoms with Crippen LogP contribution in [0.1, 0.15) is 66.2 Å². The molecule has 1 heterocycles. The second-order valence-corrected chi connectivity index (χ2v) is 9.31. The Morgan fingerprint density at radius 2 is 1.81 bits per heavy atom. The lowest BCUT2D eigenvalue weighted by Crippen LogP contribution is -2.56. The molecule has 3 rings (SSSR count). The first-order valence-electron chi connectivity index (χ1n) is 10.1. The maximum absolute atomic E-state index is 12.5. The third-order valence-electron chi connectivity index (χ3n) is 7.20. The highest BCUT2D eigenvalue weighted by Crippen LogP contribution is 2.56. The number of hydrogen-bond donors (Lipinski definition) is 2. The van der Waals surface area contributed by atoms with Gasteiger partial charge in [-0.05, 0) is 57.8 Å². The summed E-state index contributed by atoms with van der Waals surface area (Å²) in [6, 6.07) is 0.438. The first-order chi connectivity index (χ1) is 12.2. The highest BCUT2D eigenvalue weighted by Gasteiger charge is 2.62. The SMILES string of the molecule is COC1C(OC(=O)NC2CCC(N)CC2)CCC2(C)OC(C)C(C)(C)C12. The molecule has 0 spiro atoms. The third kappa shape index (κ3) is 3.60. The number of alkyl carbamates (subject to hydrolysis) is 1. The summed E-state index contributed by atoms with van der Waals surface area (Å²) in [5, 5.41) is 3.03. The average molecular weight is 369 g/mol. The van der Waals surface area contributed by atoms with E-state index in [9.17, 15) is 4.79 Å². The van der Waals surface area contributed by atoms with Crippen LogP contribution in [0.4, 0.5) is 4.79 Å². The molecule has 5 unspecified atom stereocenters. The number of methoxy groups -OCH3 is 1. The number of rotatable bonds is 3. The van der Waals surface area contributed by atoms with Crippen LogP contribution in [0.15, 0.2) is 0 Å². The van der Waals surface area contributed by atoms with Crippen LogP contribution in [0.25, 0.3) is 0 Å². The predicted octanol–water partition coefficient (Wildman–Crippen LogP) is 2.98. The number of fused-ring (bicyclic) bond motifs is 1. The standard InChI is InChI=1S/C20H36N2O4/c1-12-19(2,3)17-16(24-5)15(10-11-20(17,4)26-12)25-18(23)22-14-8-6-13(21)7-9-14/h12-17H,6-11,21H2,1-5H3,(H,22,23). The van der Waals surface area contributed by atoms with Gasteiger partial charge in [0.1, 0.15) is 12.2 Å². The lowest BCUT2D eigenvalue weighted by molar-refractivity contribution is -0.148. The van der Waals surface area contributed by atoms with Gasteiger partial charge in [0.2, 0.25) is 0 Å². The molecule has 0 aromatic heterocycles.